The Morgan fingerprint density at radius 1 is 1.10 bits per heavy atom. The monoisotopic (exact) mass is 431 g/mol. The number of halogens is 3. The molecule has 0 saturated carbocycles. The molecular weight excluding hydrogens is 411 g/mol. The average molecular weight is 431 g/mol. The fourth-order valence-corrected chi connectivity index (χ4v) is 2.78. The van der Waals surface area contributed by atoms with Gasteiger partial charge in [-0.2, -0.15) is 13.2 Å². The molecule has 1 N–H and O–H groups in total. The third kappa shape index (κ3) is 5.97. The molecule has 0 heterocycles. The van der Waals surface area contributed by atoms with E-state index in [1.54, 1.807) is 30.3 Å². The zero-order valence-electron chi connectivity index (χ0n) is 16.7. The molecule has 1 aliphatic carbocycles. The minimum absolute atomic E-state index is 0.0561. The predicted molar refractivity (Wildman–Crippen MR) is 108 cm³/mol. The highest BCUT2D eigenvalue weighted by atomic mass is 19.4. The van der Waals surface area contributed by atoms with Gasteiger partial charge in [0.05, 0.1) is 17.7 Å². The molecule has 2 aromatic carbocycles. The van der Waals surface area contributed by atoms with Crippen LogP contribution >= 0.6 is 0 Å². The summed E-state index contributed by atoms with van der Waals surface area (Å²) in [4.78, 5) is 24.2. The molecule has 1 amide bonds. The number of hydrogen-bond donors (Lipinski definition) is 1. The number of allylic oxidation sites excluding steroid dienone is 3. The largest absolute Gasteiger partial charge is 0.494 e. The van der Waals surface area contributed by atoms with Crippen LogP contribution in [0, 0.1) is 0 Å². The topological polar surface area (TPSA) is 64.6 Å². The van der Waals surface area contributed by atoms with Crippen LogP contribution in [0.1, 0.15) is 35.7 Å². The number of hydrogen-bond acceptors (Lipinski definition) is 4. The van der Waals surface area contributed by atoms with Gasteiger partial charge in [0.2, 0.25) is 0 Å². The van der Waals surface area contributed by atoms with Crippen molar-refractivity contribution in [3.8, 4) is 17.2 Å². The molecule has 0 atom stereocenters. The second-order valence-electron chi connectivity index (χ2n) is 6.76. The number of rotatable bonds is 7. The number of carbonyl (C=O) groups excluding carboxylic acids is 2. The molecule has 0 saturated heterocycles. The second-order valence-corrected chi connectivity index (χ2v) is 6.76. The van der Waals surface area contributed by atoms with Gasteiger partial charge in [0, 0.05) is 18.2 Å². The van der Waals surface area contributed by atoms with E-state index in [0.717, 1.165) is 24.6 Å². The summed E-state index contributed by atoms with van der Waals surface area (Å²) in [5.74, 6) is -0.150. The first kappa shape index (κ1) is 22.1. The summed E-state index contributed by atoms with van der Waals surface area (Å²) in [6.07, 6.45) is 0.716. The Balaban J connectivity index is 1.87. The highest BCUT2D eigenvalue weighted by Crippen LogP contribution is 2.34. The van der Waals surface area contributed by atoms with Crippen molar-refractivity contribution < 1.29 is 32.2 Å². The van der Waals surface area contributed by atoms with E-state index in [1.807, 2.05) is 6.92 Å². The first-order valence-electron chi connectivity index (χ1n) is 9.60. The summed E-state index contributed by atoms with van der Waals surface area (Å²) >= 11 is 0. The van der Waals surface area contributed by atoms with Crippen molar-refractivity contribution in [3.63, 3.8) is 0 Å². The van der Waals surface area contributed by atoms with Gasteiger partial charge in [-0.05, 0) is 55.0 Å². The maximum atomic E-state index is 13.2. The second kappa shape index (κ2) is 9.51. The quantitative estimate of drug-likeness (QED) is 0.635. The number of alkyl halides is 3. The average Bonchev–Trinajstić information content (AvgIpc) is 2.72. The molecule has 2 aromatic rings. The molecule has 8 heteroatoms. The van der Waals surface area contributed by atoms with Crippen LogP contribution in [0.15, 0.2) is 66.4 Å². The van der Waals surface area contributed by atoms with Crippen molar-refractivity contribution in [2.75, 3.05) is 6.61 Å². The van der Waals surface area contributed by atoms with Gasteiger partial charge >= 0.3 is 6.18 Å². The number of ether oxygens (including phenoxy) is 2. The van der Waals surface area contributed by atoms with Crippen molar-refractivity contribution in [2.45, 2.75) is 25.9 Å². The van der Waals surface area contributed by atoms with Crippen LogP contribution in [-0.2, 0) is 11.0 Å². The molecular formula is C23H20F3NO4. The van der Waals surface area contributed by atoms with E-state index in [0.29, 0.717) is 18.1 Å². The van der Waals surface area contributed by atoms with Gasteiger partial charge in [0.25, 0.3) is 5.91 Å². The molecule has 0 aliphatic heterocycles. The van der Waals surface area contributed by atoms with Gasteiger partial charge in [-0.15, -0.1) is 0 Å². The number of carbonyl (C=O) groups is 2. The highest BCUT2D eigenvalue weighted by Gasteiger charge is 2.32. The summed E-state index contributed by atoms with van der Waals surface area (Å²) in [7, 11) is 0. The zero-order chi connectivity index (χ0) is 22.4. The summed E-state index contributed by atoms with van der Waals surface area (Å²) < 4.78 is 50.7. The standard InChI is InChI=1S/C23H20F3NO4/c1-2-12-30-18-7-9-19(10-8-18)31-21-11-6-15(23(24,25)26)13-20(21)22(29)27-16-4-3-5-17(28)14-16/h3-4,6-11,13-14H,2,5,12H2,1H3,(H,27,29). The molecule has 0 spiro atoms. The Labute approximate surface area is 177 Å². The lowest BCUT2D eigenvalue weighted by Gasteiger charge is -2.15. The Kier molecular flexibility index (Phi) is 6.79. The SMILES string of the molecule is CCCOc1ccc(Oc2ccc(C(F)(F)F)cc2C(=O)NC2=CC(=O)CC=C2)cc1. The van der Waals surface area contributed by atoms with Crippen LogP contribution in [0.25, 0.3) is 0 Å². The van der Waals surface area contributed by atoms with Crippen LogP contribution in [0.3, 0.4) is 0 Å². The van der Waals surface area contributed by atoms with E-state index in [-0.39, 0.29) is 29.2 Å². The maximum absolute atomic E-state index is 13.2. The summed E-state index contributed by atoms with van der Waals surface area (Å²) in [6, 6.07) is 9.17. The number of ketones is 1. The van der Waals surface area contributed by atoms with Crippen LogP contribution in [0.5, 0.6) is 17.2 Å². The normalized spacial score (nSPS) is 13.5. The Bertz CT molecular complexity index is 1020. The predicted octanol–water partition coefficient (Wildman–Crippen LogP) is 5.43. The molecule has 162 valence electrons. The summed E-state index contributed by atoms with van der Waals surface area (Å²) in [5.41, 5.74) is -1.10. The Hall–Kier alpha value is -3.55. The molecule has 0 unspecified atom stereocenters. The smallest absolute Gasteiger partial charge is 0.416 e. The fourth-order valence-electron chi connectivity index (χ4n) is 2.78. The number of nitrogens with one attached hydrogen (secondary N) is 1. The summed E-state index contributed by atoms with van der Waals surface area (Å²) in [6.45, 7) is 2.53. The first-order chi connectivity index (χ1) is 14.8. The maximum Gasteiger partial charge on any atom is 0.416 e. The van der Waals surface area contributed by atoms with Crippen molar-refractivity contribution in [2.24, 2.45) is 0 Å². The molecule has 31 heavy (non-hydrogen) atoms. The Morgan fingerprint density at radius 3 is 2.45 bits per heavy atom. The molecule has 3 rings (SSSR count). The van der Waals surface area contributed by atoms with Crippen LogP contribution < -0.4 is 14.8 Å². The highest BCUT2D eigenvalue weighted by molar-refractivity contribution is 6.00. The van der Waals surface area contributed by atoms with Gasteiger partial charge in [-0.3, -0.25) is 9.59 Å². The third-order valence-corrected chi connectivity index (χ3v) is 4.27. The van der Waals surface area contributed by atoms with Gasteiger partial charge in [0.15, 0.2) is 5.78 Å². The molecule has 5 nitrogen and oxygen atoms in total. The lowest BCUT2D eigenvalue weighted by atomic mass is 10.1. The van der Waals surface area contributed by atoms with E-state index in [2.05, 4.69) is 5.32 Å². The van der Waals surface area contributed by atoms with E-state index in [9.17, 15) is 22.8 Å². The Morgan fingerprint density at radius 2 is 1.81 bits per heavy atom. The van der Waals surface area contributed by atoms with E-state index in [4.69, 9.17) is 9.47 Å². The first-order valence-corrected chi connectivity index (χ1v) is 9.60. The third-order valence-electron chi connectivity index (χ3n) is 4.27. The van der Waals surface area contributed by atoms with Crippen molar-refractivity contribution >= 4 is 11.7 Å². The zero-order valence-corrected chi connectivity index (χ0v) is 16.7. The van der Waals surface area contributed by atoms with Gasteiger partial charge < -0.3 is 14.8 Å². The number of amides is 1. The van der Waals surface area contributed by atoms with Gasteiger partial charge in [-0.25, -0.2) is 0 Å². The van der Waals surface area contributed by atoms with Crippen LogP contribution in [-0.4, -0.2) is 18.3 Å². The van der Waals surface area contributed by atoms with Crippen LogP contribution in [0.4, 0.5) is 13.2 Å². The summed E-state index contributed by atoms with van der Waals surface area (Å²) in [5, 5.41) is 2.45. The number of benzene rings is 2. The van der Waals surface area contributed by atoms with E-state index in [1.165, 1.54) is 12.2 Å². The van der Waals surface area contributed by atoms with Crippen molar-refractivity contribution in [3.05, 3.63) is 77.5 Å². The van der Waals surface area contributed by atoms with Crippen molar-refractivity contribution in [1.29, 1.82) is 0 Å². The van der Waals surface area contributed by atoms with Gasteiger partial charge in [0.1, 0.15) is 17.2 Å². The van der Waals surface area contributed by atoms with Crippen molar-refractivity contribution in [1.82, 2.24) is 5.32 Å². The van der Waals surface area contributed by atoms with E-state index < -0.39 is 17.6 Å². The molecule has 0 fully saturated rings. The molecule has 0 bridgehead atoms. The lowest BCUT2D eigenvalue weighted by molar-refractivity contribution is -0.137. The minimum atomic E-state index is -4.63. The fraction of sp³-hybridized carbons (Fsp3) is 0.217. The molecule has 1 aliphatic rings. The molecule has 0 aromatic heterocycles. The lowest BCUT2D eigenvalue weighted by Crippen LogP contribution is -2.24. The van der Waals surface area contributed by atoms with Crippen LogP contribution in [0.2, 0.25) is 0 Å². The van der Waals surface area contributed by atoms with Gasteiger partial charge in [-0.1, -0.05) is 13.0 Å². The minimum Gasteiger partial charge on any atom is -0.494 e. The molecule has 0 radical (unpaired) electrons. The van der Waals surface area contributed by atoms with E-state index >= 15 is 0 Å².